The minimum Gasteiger partial charge on any atom is -0.481 e. The summed E-state index contributed by atoms with van der Waals surface area (Å²) in [5.41, 5.74) is 7.02. The van der Waals surface area contributed by atoms with Crippen molar-refractivity contribution in [1.29, 1.82) is 0 Å². The number of rotatable bonds is 6. The Morgan fingerprint density at radius 2 is 2.10 bits per heavy atom. The van der Waals surface area contributed by atoms with Gasteiger partial charge in [-0.05, 0) is 11.6 Å². The van der Waals surface area contributed by atoms with E-state index in [1.165, 1.54) is 4.68 Å². The number of para-hydroxylation sites is 1. The average Bonchev–Trinajstić information content (AvgIpc) is 2.88. The maximum absolute atomic E-state index is 11.9. The molecule has 4 N–H and O–H groups in total. The first-order chi connectivity index (χ1) is 10.1. The Morgan fingerprint density at radius 3 is 2.76 bits per heavy atom. The number of nitrogens with zero attached hydrogens (tertiary/aromatic N) is 3. The largest absolute Gasteiger partial charge is 0.481 e. The molecule has 8 nitrogen and oxygen atoms in total. The van der Waals surface area contributed by atoms with Gasteiger partial charge in [-0.1, -0.05) is 23.4 Å². The van der Waals surface area contributed by atoms with Gasteiger partial charge in [0.15, 0.2) is 0 Å². The van der Waals surface area contributed by atoms with Crippen molar-refractivity contribution in [2.24, 2.45) is 5.73 Å². The van der Waals surface area contributed by atoms with Crippen LogP contribution in [0.3, 0.4) is 0 Å². The first kappa shape index (κ1) is 14.7. The maximum atomic E-state index is 11.9. The second-order valence-electron chi connectivity index (χ2n) is 4.39. The summed E-state index contributed by atoms with van der Waals surface area (Å²) >= 11 is 0. The van der Waals surface area contributed by atoms with Crippen molar-refractivity contribution in [2.75, 3.05) is 5.32 Å². The highest BCUT2D eigenvalue weighted by molar-refractivity contribution is 5.92. The van der Waals surface area contributed by atoms with Gasteiger partial charge in [0.1, 0.15) is 6.54 Å². The van der Waals surface area contributed by atoms with Crippen LogP contribution in [0.25, 0.3) is 0 Å². The summed E-state index contributed by atoms with van der Waals surface area (Å²) in [5, 5.41) is 19.1. The van der Waals surface area contributed by atoms with Crippen LogP contribution in [0, 0.1) is 0 Å². The van der Waals surface area contributed by atoms with E-state index in [0.717, 1.165) is 0 Å². The van der Waals surface area contributed by atoms with Crippen LogP contribution in [0.1, 0.15) is 11.3 Å². The van der Waals surface area contributed by atoms with Crippen LogP contribution in [0.15, 0.2) is 30.5 Å². The zero-order chi connectivity index (χ0) is 15.2. The number of nitrogens with two attached hydrogens (primary N) is 1. The molecule has 0 bridgehead atoms. The fourth-order valence-electron chi connectivity index (χ4n) is 1.81. The molecule has 110 valence electrons. The highest BCUT2D eigenvalue weighted by Gasteiger charge is 2.10. The summed E-state index contributed by atoms with van der Waals surface area (Å²) < 4.78 is 1.37. The quantitative estimate of drug-likeness (QED) is 0.688. The van der Waals surface area contributed by atoms with Gasteiger partial charge in [-0.15, -0.1) is 5.10 Å². The van der Waals surface area contributed by atoms with Gasteiger partial charge in [0.25, 0.3) is 0 Å². The van der Waals surface area contributed by atoms with Crippen molar-refractivity contribution in [1.82, 2.24) is 15.0 Å². The maximum Gasteiger partial charge on any atom is 0.307 e. The van der Waals surface area contributed by atoms with Gasteiger partial charge in [-0.2, -0.15) is 0 Å². The molecule has 0 aliphatic heterocycles. The van der Waals surface area contributed by atoms with E-state index in [-0.39, 0.29) is 25.4 Å². The van der Waals surface area contributed by atoms with Crippen LogP contribution >= 0.6 is 0 Å². The van der Waals surface area contributed by atoms with Crippen molar-refractivity contribution >= 4 is 17.6 Å². The number of carbonyl (C=O) groups is 2. The van der Waals surface area contributed by atoms with Crippen molar-refractivity contribution in [3.05, 3.63) is 41.7 Å². The second kappa shape index (κ2) is 6.62. The predicted molar refractivity (Wildman–Crippen MR) is 74.3 cm³/mol. The topological polar surface area (TPSA) is 123 Å². The summed E-state index contributed by atoms with van der Waals surface area (Å²) in [5.74, 6) is -1.28. The highest BCUT2D eigenvalue weighted by Crippen LogP contribution is 2.15. The molecular weight excluding hydrogens is 274 g/mol. The molecule has 0 atom stereocenters. The number of nitrogens with one attached hydrogen (secondary N) is 1. The smallest absolute Gasteiger partial charge is 0.307 e. The molecule has 1 heterocycles. The lowest BCUT2D eigenvalue weighted by Gasteiger charge is -2.09. The lowest BCUT2D eigenvalue weighted by Crippen LogP contribution is -2.20. The van der Waals surface area contributed by atoms with E-state index in [4.69, 9.17) is 10.8 Å². The van der Waals surface area contributed by atoms with Crippen molar-refractivity contribution in [2.45, 2.75) is 19.5 Å². The molecule has 2 rings (SSSR count). The summed E-state index contributed by atoms with van der Waals surface area (Å²) in [6.45, 7) is 0.234. The number of carbonyl (C=O) groups excluding carboxylic acids is 1. The predicted octanol–water partition coefficient (Wildman–Crippen LogP) is 0.00260. The molecular formula is C13H15N5O3. The number of hydrogen-bond acceptors (Lipinski definition) is 5. The Bertz CT molecular complexity index is 653. The minimum atomic E-state index is -0.958. The molecule has 2 aromatic rings. The number of benzene rings is 1. The minimum absolute atomic E-state index is 0.0194. The fraction of sp³-hybridized carbons (Fsp3) is 0.231. The van der Waals surface area contributed by atoms with E-state index < -0.39 is 5.97 Å². The Morgan fingerprint density at radius 1 is 1.33 bits per heavy atom. The molecule has 21 heavy (non-hydrogen) atoms. The number of carboxylic acid groups (broad SMARTS) is 1. The van der Waals surface area contributed by atoms with Gasteiger partial charge in [0, 0.05) is 12.2 Å². The Balaban J connectivity index is 2.03. The van der Waals surface area contributed by atoms with Crippen molar-refractivity contribution in [3.8, 4) is 0 Å². The summed E-state index contributed by atoms with van der Waals surface area (Å²) in [6, 6.07) is 6.76. The number of anilines is 1. The monoisotopic (exact) mass is 289 g/mol. The van der Waals surface area contributed by atoms with E-state index in [0.29, 0.717) is 16.9 Å². The zero-order valence-electron chi connectivity index (χ0n) is 11.2. The third-order valence-electron chi connectivity index (χ3n) is 2.73. The van der Waals surface area contributed by atoms with Gasteiger partial charge in [-0.25, -0.2) is 4.68 Å². The zero-order valence-corrected chi connectivity index (χ0v) is 11.2. The van der Waals surface area contributed by atoms with Crippen LogP contribution in [-0.2, 0) is 29.1 Å². The molecule has 0 spiro atoms. The van der Waals surface area contributed by atoms with Crippen LogP contribution in [0.5, 0.6) is 0 Å². The molecule has 0 fully saturated rings. The van der Waals surface area contributed by atoms with E-state index in [2.05, 4.69) is 15.6 Å². The Labute approximate surface area is 120 Å². The van der Waals surface area contributed by atoms with E-state index in [1.807, 2.05) is 0 Å². The van der Waals surface area contributed by atoms with E-state index in [1.54, 1.807) is 30.5 Å². The molecule has 1 amide bonds. The third-order valence-corrected chi connectivity index (χ3v) is 2.73. The number of aliphatic carboxylic acids is 1. The SMILES string of the molecule is NCc1cn(CC(=O)Nc2ccccc2CC(=O)O)nn1. The fourth-order valence-corrected chi connectivity index (χ4v) is 1.81. The van der Waals surface area contributed by atoms with Gasteiger partial charge in [-0.3, -0.25) is 9.59 Å². The molecule has 1 aromatic carbocycles. The van der Waals surface area contributed by atoms with Crippen LogP contribution < -0.4 is 11.1 Å². The standard InChI is InChI=1S/C13H15N5O3/c14-6-10-7-18(17-16-10)8-12(19)15-11-4-2-1-3-9(11)5-13(20)21/h1-4,7H,5-6,8,14H2,(H,15,19)(H,20,21). The normalized spacial score (nSPS) is 10.3. The average molecular weight is 289 g/mol. The lowest BCUT2D eigenvalue weighted by atomic mass is 10.1. The van der Waals surface area contributed by atoms with Crippen LogP contribution in [0.2, 0.25) is 0 Å². The summed E-state index contributed by atoms with van der Waals surface area (Å²) in [4.78, 5) is 22.7. The van der Waals surface area contributed by atoms with E-state index >= 15 is 0 Å². The molecule has 8 heteroatoms. The molecule has 1 aromatic heterocycles. The summed E-state index contributed by atoms with van der Waals surface area (Å²) in [7, 11) is 0. The third kappa shape index (κ3) is 4.11. The molecule has 0 unspecified atom stereocenters. The molecule has 0 radical (unpaired) electrons. The van der Waals surface area contributed by atoms with Gasteiger partial charge in [0.2, 0.25) is 5.91 Å². The highest BCUT2D eigenvalue weighted by atomic mass is 16.4. The number of amides is 1. The van der Waals surface area contributed by atoms with E-state index in [9.17, 15) is 9.59 Å². The first-order valence-electron chi connectivity index (χ1n) is 6.27. The van der Waals surface area contributed by atoms with Gasteiger partial charge >= 0.3 is 5.97 Å². The number of carboxylic acids is 1. The Hall–Kier alpha value is -2.74. The lowest BCUT2D eigenvalue weighted by molar-refractivity contribution is -0.136. The molecule has 0 aliphatic rings. The van der Waals surface area contributed by atoms with Crippen molar-refractivity contribution in [3.63, 3.8) is 0 Å². The number of aromatic nitrogens is 3. The number of hydrogen-bond donors (Lipinski definition) is 3. The Kier molecular flexibility index (Phi) is 4.62. The second-order valence-corrected chi connectivity index (χ2v) is 4.39. The van der Waals surface area contributed by atoms with Crippen LogP contribution in [-0.4, -0.2) is 32.0 Å². The summed E-state index contributed by atoms with van der Waals surface area (Å²) in [6.07, 6.45) is 1.43. The van der Waals surface area contributed by atoms with Gasteiger partial charge in [0.05, 0.1) is 18.3 Å². The van der Waals surface area contributed by atoms with Crippen LogP contribution in [0.4, 0.5) is 5.69 Å². The van der Waals surface area contributed by atoms with Gasteiger partial charge < -0.3 is 16.2 Å². The molecule has 0 saturated heterocycles. The molecule has 0 saturated carbocycles. The van der Waals surface area contributed by atoms with Crippen molar-refractivity contribution < 1.29 is 14.7 Å². The first-order valence-corrected chi connectivity index (χ1v) is 6.27. The molecule has 0 aliphatic carbocycles.